The van der Waals surface area contributed by atoms with E-state index in [1.54, 1.807) is 0 Å². The Bertz CT molecular complexity index is 214. The number of hydrogen-bond acceptors (Lipinski definition) is 3. The van der Waals surface area contributed by atoms with Gasteiger partial charge in [0.2, 0.25) is 0 Å². The number of ether oxygens (including phenoxy) is 1. The van der Waals surface area contributed by atoms with Crippen molar-refractivity contribution in [3.05, 3.63) is 0 Å². The zero-order chi connectivity index (χ0) is 10.1. The Morgan fingerprint density at radius 1 is 1.07 bits per heavy atom. The van der Waals surface area contributed by atoms with Crippen molar-refractivity contribution in [1.82, 2.24) is 10.6 Å². The third-order valence-corrected chi connectivity index (χ3v) is 4.13. The third kappa shape index (κ3) is 2.19. The first-order valence-corrected chi connectivity index (χ1v) is 6.54. The van der Waals surface area contributed by atoms with Gasteiger partial charge in [-0.25, -0.2) is 0 Å². The van der Waals surface area contributed by atoms with Crippen LogP contribution < -0.4 is 10.6 Å². The van der Waals surface area contributed by atoms with Crippen LogP contribution >= 0.6 is 0 Å². The fraction of sp³-hybridized carbons (Fsp3) is 1.00. The van der Waals surface area contributed by atoms with Gasteiger partial charge in [0, 0.05) is 12.1 Å². The van der Waals surface area contributed by atoms with E-state index in [2.05, 4.69) is 10.6 Å². The van der Waals surface area contributed by atoms with E-state index in [0.717, 1.165) is 6.04 Å². The summed E-state index contributed by atoms with van der Waals surface area (Å²) < 4.78 is 5.88. The second-order valence-corrected chi connectivity index (χ2v) is 5.26. The van der Waals surface area contributed by atoms with Crippen molar-refractivity contribution in [3.63, 3.8) is 0 Å². The maximum Gasteiger partial charge on any atom is 0.0733 e. The Hall–Kier alpha value is -0.120. The first kappa shape index (κ1) is 10.1. The maximum absolute atomic E-state index is 5.88. The standard InChI is InChI=1S/C12H22N2O/c1-2-9(5-7-13-6-1)14-11-8-10-3-4-12(11)15-10/h9-14H,1-8H2. The molecule has 0 amide bonds. The zero-order valence-corrected chi connectivity index (χ0v) is 9.37. The highest BCUT2D eigenvalue weighted by atomic mass is 16.5. The highest BCUT2D eigenvalue weighted by Crippen LogP contribution is 2.34. The SMILES string of the molecule is C1CNCCC(NC2CC3CCC2O3)C1. The molecule has 3 aliphatic rings. The molecule has 2 bridgehead atoms. The van der Waals surface area contributed by atoms with Crippen LogP contribution in [0.2, 0.25) is 0 Å². The summed E-state index contributed by atoms with van der Waals surface area (Å²) in [6.45, 7) is 2.38. The minimum absolute atomic E-state index is 0.534. The van der Waals surface area contributed by atoms with Crippen molar-refractivity contribution in [1.29, 1.82) is 0 Å². The quantitative estimate of drug-likeness (QED) is 0.714. The van der Waals surface area contributed by atoms with E-state index in [4.69, 9.17) is 4.74 Å². The van der Waals surface area contributed by atoms with Crippen LogP contribution in [0.1, 0.15) is 38.5 Å². The van der Waals surface area contributed by atoms with Crippen molar-refractivity contribution >= 4 is 0 Å². The Morgan fingerprint density at radius 2 is 2.07 bits per heavy atom. The van der Waals surface area contributed by atoms with Crippen molar-refractivity contribution in [2.24, 2.45) is 0 Å². The Labute approximate surface area is 91.9 Å². The summed E-state index contributed by atoms with van der Waals surface area (Å²) in [5.41, 5.74) is 0. The fourth-order valence-corrected chi connectivity index (χ4v) is 3.30. The summed E-state index contributed by atoms with van der Waals surface area (Å²) in [4.78, 5) is 0. The summed E-state index contributed by atoms with van der Waals surface area (Å²) >= 11 is 0. The molecule has 4 unspecified atom stereocenters. The summed E-state index contributed by atoms with van der Waals surface area (Å²) in [5.74, 6) is 0. The molecule has 3 saturated heterocycles. The van der Waals surface area contributed by atoms with Crippen LogP contribution in [0.15, 0.2) is 0 Å². The van der Waals surface area contributed by atoms with Gasteiger partial charge in [0.15, 0.2) is 0 Å². The van der Waals surface area contributed by atoms with Gasteiger partial charge in [0.1, 0.15) is 0 Å². The monoisotopic (exact) mass is 210 g/mol. The Morgan fingerprint density at radius 3 is 2.87 bits per heavy atom. The first-order valence-electron chi connectivity index (χ1n) is 6.54. The molecule has 0 aromatic heterocycles. The van der Waals surface area contributed by atoms with Gasteiger partial charge in [-0.1, -0.05) is 0 Å². The lowest BCUT2D eigenvalue weighted by molar-refractivity contribution is 0.0957. The fourth-order valence-electron chi connectivity index (χ4n) is 3.30. The molecule has 4 atom stereocenters. The lowest BCUT2D eigenvalue weighted by Crippen LogP contribution is -2.44. The largest absolute Gasteiger partial charge is 0.373 e. The van der Waals surface area contributed by atoms with Crippen LogP contribution in [0.3, 0.4) is 0 Å². The third-order valence-electron chi connectivity index (χ3n) is 4.13. The van der Waals surface area contributed by atoms with Gasteiger partial charge in [-0.2, -0.15) is 0 Å². The van der Waals surface area contributed by atoms with Gasteiger partial charge in [-0.3, -0.25) is 0 Å². The van der Waals surface area contributed by atoms with E-state index in [-0.39, 0.29) is 0 Å². The number of nitrogens with one attached hydrogen (secondary N) is 2. The van der Waals surface area contributed by atoms with Crippen LogP contribution in [0.4, 0.5) is 0 Å². The van der Waals surface area contributed by atoms with Gasteiger partial charge in [0.25, 0.3) is 0 Å². The van der Waals surface area contributed by atoms with Crippen LogP contribution in [0.5, 0.6) is 0 Å². The lowest BCUT2D eigenvalue weighted by atomic mass is 9.94. The van der Waals surface area contributed by atoms with E-state index in [1.807, 2.05) is 0 Å². The molecule has 2 N–H and O–H groups in total. The van der Waals surface area contributed by atoms with Crippen molar-refractivity contribution < 1.29 is 4.74 Å². The van der Waals surface area contributed by atoms with Gasteiger partial charge >= 0.3 is 0 Å². The van der Waals surface area contributed by atoms with Crippen LogP contribution in [0.25, 0.3) is 0 Å². The molecule has 3 nitrogen and oxygen atoms in total. The molecule has 3 fully saturated rings. The second-order valence-electron chi connectivity index (χ2n) is 5.26. The van der Waals surface area contributed by atoms with E-state index >= 15 is 0 Å². The van der Waals surface area contributed by atoms with E-state index in [0.29, 0.717) is 18.2 Å². The highest BCUT2D eigenvalue weighted by Gasteiger charge is 2.41. The van der Waals surface area contributed by atoms with E-state index in [1.165, 1.54) is 51.6 Å². The molecule has 0 aliphatic carbocycles. The first-order chi connectivity index (χ1) is 7.42. The molecule has 0 saturated carbocycles. The van der Waals surface area contributed by atoms with Crippen molar-refractivity contribution in [3.8, 4) is 0 Å². The lowest BCUT2D eigenvalue weighted by Gasteiger charge is -2.25. The van der Waals surface area contributed by atoms with Crippen LogP contribution in [0, 0.1) is 0 Å². The molecular weight excluding hydrogens is 188 g/mol. The molecule has 0 spiro atoms. The molecule has 0 aromatic carbocycles. The number of fused-ring (bicyclic) bond motifs is 2. The average Bonchev–Trinajstić information content (AvgIpc) is 2.75. The minimum atomic E-state index is 0.534. The highest BCUT2D eigenvalue weighted by molar-refractivity contribution is 4.95. The molecule has 15 heavy (non-hydrogen) atoms. The second kappa shape index (κ2) is 4.40. The predicted molar refractivity (Wildman–Crippen MR) is 59.9 cm³/mol. The van der Waals surface area contributed by atoms with Crippen molar-refractivity contribution in [2.75, 3.05) is 13.1 Å². The Kier molecular flexibility index (Phi) is 2.95. The average molecular weight is 210 g/mol. The topological polar surface area (TPSA) is 33.3 Å². The molecule has 3 rings (SSSR count). The number of hydrogen-bond donors (Lipinski definition) is 2. The Balaban J connectivity index is 1.51. The normalized spacial score (nSPS) is 45.6. The molecular formula is C12H22N2O. The van der Waals surface area contributed by atoms with Crippen LogP contribution in [-0.2, 0) is 4.74 Å². The molecule has 0 radical (unpaired) electrons. The van der Waals surface area contributed by atoms with Gasteiger partial charge < -0.3 is 15.4 Å². The number of rotatable bonds is 2. The molecule has 0 aromatic rings. The molecule has 3 aliphatic heterocycles. The molecule has 3 heterocycles. The van der Waals surface area contributed by atoms with Gasteiger partial charge in [-0.15, -0.1) is 0 Å². The predicted octanol–water partition coefficient (Wildman–Crippen LogP) is 1.04. The summed E-state index contributed by atoms with van der Waals surface area (Å²) in [6, 6.07) is 1.39. The minimum Gasteiger partial charge on any atom is -0.373 e. The maximum atomic E-state index is 5.88. The van der Waals surface area contributed by atoms with Gasteiger partial charge in [0.05, 0.1) is 12.2 Å². The summed E-state index contributed by atoms with van der Waals surface area (Å²) in [7, 11) is 0. The van der Waals surface area contributed by atoms with Crippen LogP contribution in [-0.4, -0.2) is 37.4 Å². The smallest absolute Gasteiger partial charge is 0.0733 e. The summed E-state index contributed by atoms with van der Waals surface area (Å²) in [6.07, 6.45) is 8.90. The summed E-state index contributed by atoms with van der Waals surface area (Å²) in [5, 5.41) is 7.29. The van der Waals surface area contributed by atoms with Crippen molar-refractivity contribution in [2.45, 2.75) is 62.8 Å². The molecule has 86 valence electrons. The zero-order valence-electron chi connectivity index (χ0n) is 9.37. The van der Waals surface area contributed by atoms with Gasteiger partial charge in [-0.05, 0) is 51.6 Å². The van der Waals surface area contributed by atoms with E-state index < -0.39 is 0 Å². The van der Waals surface area contributed by atoms with E-state index in [9.17, 15) is 0 Å². The molecule has 3 heteroatoms.